The summed E-state index contributed by atoms with van der Waals surface area (Å²) in [7, 11) is 0. The van der Waals surface area contributed by atoms with Gasteiger partial charge in [-0.05, 0) is 26.7 Å². The van der Waals surface area contributed by atoms with E-state index in [0.29, 0.717) is 24.0 Å². The van der Waals surface area contributed by atoms with E-state index in [9.17, 15) is 5.11 Å². The number of hydrogen-bond acceptors (Lipinski definition) is 7. The minimum absolute atomic E-state index is 0.213. The number of aliphatic hydroxyl groups is 1. The van der Waals surface area contributed by atoms with Crippen LogP contribution in [-0.4, -0.2) is 36.3 Å². The number of rotatable bonds is 6. The van der Waals surface area contributed by atoms with Crippen molar-refractivity contribution in [2.75, 3.05) is 0 Å². The van der Waals surface area contributed by atoms with E-state index in [4.69, 9.17) is 4.42 Å². The van der Waals surface area contributed by atoms with E-state index in [1.54, 1.807) is 13.8 Å². The minimum atomic E-state index is -0.979. The molecule has 138 valence electrons. The summed E-state index contributed by atoms with van der Waals surface area (Å²) in [6.07, 6.45) is 6.30. The van der Waals surface area contributed by atoms with Crippen LogP contribution >= 0.6 is 0 Å². The maximum absolute atomic E-state index is 10.1. The van der Waals surface area contributed by atoms with Crippen molar-refractivity contribution in [3.05, 3.63) is 23.7 Å². The molecule has 1 aliphatic rings. The Hall–Kier alpha value is -1.80. The van der Waals surface area contributed by atoms with Gasteiger partial charge in [0.05, 0.1) is 18.8 Å². The fourth-order valence-electron chi connectivity index (χ4n) is 3.17. The molecular weight excluding hydrogens is 320 g/mol. The average molecular weight is 348 g/mol. The summed E-state index contributed by atoms with van der Waals surface area (Å²) in [6.45, 7) is 8.06. The van der Waals surface area contributed by atoms with Crippen molar-refractivity contribution in [2.24, 2.45) is 0 Å². The Morgan fingerprint density at radius 3 is 2.68 bits per heavy atom. The summed E-state index contributed by atoms with van der Waals surface area (Å²) < 4.78 is 7.56. The zero-order valence-electron chi connectivity index (χ0n) is 15.4. The second-order valence-corrected chi connectivity index (χ2v) is 7.67. The molecule has 2 heterocycles. The Kier molecular flexibility index (Phi) is 5.19. The van der Waals surface area contributed by atoms with Crippen molar-refractivity contribution >= 4 is 0 Å². The average Bonchev–Trinajstić information content (AvgIpc) is 3.22. The standard InChI is InChI=1S/C17H28N6O2/c1-11(2)16-21-20-15(25-16)9-18-12-7-5-6-8-13(12)23-10-14(19-22-23)17(3,4)24/h10-13,18,24H,5-9H2,1-4H3/t12-,13+/m0/s1. The SMILES string of the molecule is CC(C)c1nnc(CN[C@H]2CCCC[C@H]2n2cc(C(C)(C)O)nn2)o1. The maximum Gasteiger partial charge on any atom is 0.230 e. The van der Waals surface area contributed by atoms with Crippen LogP contribution in [-0.2, 0) is 12.1 Å². The number of nitrogens with zero attached hydrogens (tertiary/aromatic N) is 5. The predicted molar refractivity (Wildman–Crippen MR) is 91.8 cm³/mol. The first-order valence-electron chi connectivity index (χ1n) is 9.05. The second kappa shape index (κ2) is 7.21. The van der Waals surface area contributed by atoms with Gasteiger partial charge in [0, 0.05) is 12.0 Å². The normalized spacial score (nSPS) is 21.8. The van der Waals surface area contributed by atoms with Crippen LogP contribution in [0.5, 0.6) is 0 Å². The van der Waals surface area contributed by atoms with Gasteiger partial charge < -0.3 is 14.8 Å². The van der Waals surface area contributed by atoms with E-state index in [1.807, 2.05) is 24.7 Å². The topological polar surface area (TPSA) is 102 Å². The van der Waals surface area contributed by atoms with Gasteiger partial charge in [0.2, 0.25) is 11.8 Å². The molecular formula is C17H28N6O2. The summed E-state index contributed by atoms with van der Waals surface area (Å²) in [6, 6.07) is 0.476. The highest BCUT2D eigenvalue weighted by molar-refractivity contribution is 5.04. The molecule has 2 N–H and O–H groups in total. The van der Waals surface area contributed by atoms with Crippen LogP contribution in [0, 0.1) is 0 Å². The lowest BCUT2D eigenvalue weighted by molar-refractivity contribution is 0.0736. The van der Waals surface area contributed by atoms with Crippen LogP contribution in [0.1, 0.15) is 82.8 Å². The van der Waals surface area contributed by atoms with Gasteiger partial charge in [-0.25, -0.2) is 4.68 Å². The van der Waals surface area contributed by atoms with Crippen LogP contribution < -0.4 is 5.32 Å². The second-order valence-electron chi connectivity index (χ2n) is 7.67. The summed E-state index contributed by atoms with van der Waals surface area (Å²) >= 11 is 0. The van der Waals surface area contributed by atoms with Crippen molar-refractivity contribution in [2.45, 2.75) is 83.5 Å². The van der Waals surface area contributed by atoms with E-state index >= 15 is 0 Å². The quantitative estimate of drug-likeness (QED) is 0.825. The van der Waals surface area contributed by atoms with Crippen molar-refractivity contribution in [3.8, 4) is 0 Å². The maximum atomic E-state index is 10.1. The summed E-state index contributed by atoms with van der Waals surface area (Å²) in [5.41, 5.74) is -0.386. The van der Waals surface area contributed by atoms with E-state index in [0.717, 1.165) is 12.8 Å². The van der Waals surface area contributed by atoms with Gasteiger partial charge in [-0.1, -0.05) is 31.9 Å². The van der Waals surface area contributed by atoms with E-state index in [1.165, 1.54) is 12.8 Å². The molecule has 3 rings (SSSR count). The molecule has 25 heavy (non-hydrogen) atoms. The highest BCUT2D eigenvalue weighted by atomic mass is 16.4. The number of hydrogen-bond donors (Lipinski definition) is 2. The van der Waals surface area contributed by atoms with Crippen LogP contribution in [0.2, 0.25) is 0 Å². The van der Waals surface area contributed by atoms with Crippen molar-refractivity contribution in [1.29, 1.82) is 0 Å². The molecule has 0 spiro atoms. The number of aromatic nitrogens is 5. The molecule has 0 radical (unpaired) electrons. The fourth-order valence-corrected chi connectivity index (χ4v) is 3.17. The largest absolute Gasteiger partial charge is 0.424 e. The fraction of sp³-hybridized carbons (Fsp3) is 0.765. The van der Waals surface area contributed by atoms with Crippen molar-refractivity contribution < 1.29 is 9.52 Å². The lowest BCUT2D eigenvalue weighted by Gasteiger charge is -2.31. The van der Waals surface area contributed by atoms with E-state index < -0.39 is 5.60 Å². The van der Waals surface area contributed by atoms with E-state index in [2.05, 4.69) is 25.8 Å². The molecule has 0 unspecified atom stereocenters. The Bertz CT molecular complexity index is 687. The molecule has 1 aliphatic carbocycles. The van der Waals surface area contributed by atoms with Crippen LogP contribution in [0.25, 0.3) is 0 Å². The summed E-state index contributed by atoms with van der Waals surface area (Å²) in [5.74, 6) is 1.52. The molecule has 2 aromatic rings. The van der Waals surface area contributed by atoms with Gasteiger partial charge in [0.25, 0.3) is 0 Å². The zero-order chi connectivity index (χ0) is 18.0. The molecule has 2 aromatic heterocycles. The van der Waals surface area contributed by atoms with Crippen molar-refractivity contribution in [3.63, 3.8) is 0 Å². The van der Waals surface area contributed by atoms with Crippen LogP contribution in [0.3, 0.4) is 0 Å². The van der Waals surface area contributed by atoms with Gasteiger partial charge >= 0.3 is 0 Å². The summed E-state index contributed by atoms with van der Waals surface area (Å²) in [5, 5.41) is 30.2. The third-order valence-electron chi connectivity index (χ3n) is 4.70. The van der Waals surface area contributed by atoms with Gasteiger partial charge in [-0.15, -0.1) is 15.3 Å². The zero-order valence-corrected chi connectivity index (χ0v) is 15.4. The highest BCUT2D eigenvalue weighted by Gasteiger charge is 2.29. The highest BCUT2D eigenvalue weighted by Crippen LogP contribution is 2.29. The number of nitrogens with one attached hydrogen (secondary N) is 1. The van der Waals surface area contributed by atoms with Gasteiger partial charge in [0.15, 0.2) is 0 Å². The predicted octanol–water partition coefficient (Wildman–Crippen LogP) is 2.29. The molecule has 8 heteroatoms. The molecule has 8 nitrogen and oxygen atoms in total. The lowest BCUT2D eigenvalue weighted by atomic mass is 9.90. The molecule has 1 saturated carbocycles. The van der Waals surface area contributed by atoms with Crippen LogP contribution in [0.15, 0.2) is 10.6 Å². The molecule has 0 aromatic carbocycles. The van der Waals surface area contributed by atoms with Gasteiger partial charge in [0.1, 0.15) is 11.3 Å². The molecule has 1 fully saturated rings. The molecule has 0 saturated heterocycles. The first-order chi connectivity index (χ1) is 11.8. The minimum Gasteiger partial charge on any atom is -0.424 e. The van der Waals surface area contributed by atoms with Crippen LogP contribution in [0.4, 0.5) is 0 Å². The van der Waals surface area contributed by atoms with Gasteiger partial charge in [-0.3, -0.25) is 0 Å². The lowest BCUT2D eigenvalue weighted by Crippen LogP contribution is -2.39. The Balaban J connectivity index is 1.67. The molecule has 2 atom stereocenters. The van der Waals surface area contributed by atoms with Crippen molar-refractivity contribution in [1.82, 2.24) is 30.5 Å². The molecule has 0 bridgehead atoms. The first kappa shape index (κ1) is 18.0. The Labute approximate surface area is 148 Å². The summed E-state index contributed by atoms with van der Waals surface area (Å²) in [4.78, 5) is 0. The Morgan fingerprint density at radius 1 is 1.28 bits per heavy atom. The smallest absolute Gasteiger partial charge is 0.230 e. The van der Waals surface area contributed by atoms with Gasteiger partial charge in [-0.2, -0.15) is 0 Å². The molecule has 0 amide bonds. The third kappa shape index (κ3) is 4.24. The third-order valence-corrected chi connectivity index (χ3v) is 4.70. The monoisotopic (exact) mass is 348 g/mol. The Morgan fingerprint density at radius 2 is 2.04 bits per heavy atom. The first-order valence-corrected chi connectivity index (χ1v) is 9.05. The van der Waals surface area contributed by atoms with E-state index in [-0.39, 0.29) is 18.0 Å². The molecule has 0 aliphatic heterocycles.